The zero-order valence-electron chi connectivity index (χ0n) is 11.2. The smallest absolute Gasteiger partial charge is 0.162 e. The fraction of sp³-hybridized carbons (Fsp3) is 0.467. The van der Waals surface area contributed by atoms with E-state index in [4.69, 9.17) is 0 Å². The molecule has 3 rings (SSSR count). The third-order valence-corrected chi connectivity index (χ3v) is 3.91. The Morgan fingerprint density at radius 2 is 1.95 bits per heavy atom. The van der Waals surface area contributed by atoms with Gasteiger partial charge in [0.25, 0.3) is 0 Å². The van der Waals surface area contributed by atoms with Gasteiger partial charge in [-0.05, 0) is 24.5 Å². The van der Waals surface area contributed by atoms with Gasteiger partial charge in [-0.15, -0.1) is 0 Å². The van der Waals surface area contributed by atoms with Gasteiger partial charge in [0.05, 0.1) is 0 Å². The fourth-order valence-corrected chi connectivity index (χ4v) is 2.80. The summed E-state index contributed by atoms with van der Waals surface area (Å²) < 4.78 is 26.8. The van der Waals surface area contributed by atoms with Crippen LogP contribution in [0.4, 0.5) is 8.78 Å². The number of hydrogen-bond acceptors (Lipinski definition) is 2. The zero-order chi connectivity index (χ0) is 13.9. The van der Waals surface area contributed by atoms with Crippen LogP contribution < -0.4 is 0 Å². The first-order chi connectivity index (χ1) is 9.74. The van der Waals surface area contributed by atoms with Crippen molar-refractivity contribution in [3.8, 4) is 0 Å². The maximum atomic E-state index is 13.6. The van der Waals surface area contributed by atoms with Crippen molar-refractivity contribution in [1.82, 2.24) is 15.2 Å². The number of nitrogens with zero attached hydrogens (tertiary/aromatic N) is 2. The largest absolute Gasteiger partial charge is 0.263 e. The summed E-state index contributed by atoms with van der Waals surface area (Å²) in [5, 5.41) is 7.08. The molecule has 1 saturated carbocycles. The van der Waals surface area contributed by atoms with Crippen molar-refractivity contribution in [1.29, 1.82) is 0 Å². The maximum absolute atomic E-state index is 13.6. The molecule has 1 aromatic carbocycles. The molecule has 0 spiro atoms. The molecule has 106 valence electrons. The maximum Gasteiger partial charge on any atom is 0.162 e. The van der Waals surface area contributed by atoms with E-state index in [0.29, 0.717) is 17.3 Å². The summed E-state index contributed by atoms with van der Waals surface area (Å²) in [5.74, 6) is 0.190. The predicted octanol–water partition coefficient (Wildman–Crippen LogP) is 3.72. The second-order valence-electron chi connectivity index (χ2n) is 5.36. The average molecular weight is 277 g/mol. The van der Waals surface area contributed by atoms with Gasteiger partial charge >= 0.3 is 0 Å². The van der Waals surface area contributed by atoms with Gasteiger partial charge in [0.15, 0.2) is 17.5 Å². The summed E-state index contributed by atoms with van der Waals surface area (Å²) in [5.41, 5.74) is 0.302. The molecule has 1 fully saturated rings. The monoisotopic (exact) mass is 277 g/mol. The van der Waals surface area contributed by atoms with E-state index in [0.717, 1.165) is 24.7 Å². The van der Waals surface area contributed by atoms with Crippen molar-refractivity contribution in [2.24, 2.45) is 0 Å². The molecule has 0 unspecified atom stereocenters. The third kappa shape index (κ3) is 2.71. The Hall–Kier alpha value is -1.78. The average Bonchev–Trinajstić information content (AvgIpc) is 2.93. The summed E-state index contributed by atoms with van der Waals surface area (Å²) >= 11 is 0. The molecule has 1 aliphatic carbocycles. The Kier molecular flexibility index (Phi) is 3.76. The van der Waals surface area contributed by atoms with Crippen LogP contribution in [0.25, 0.3) is 0 Å². The van der Waals surface area contributed by atoms with E-state index >= 15 is 0 Å². The van der Waals surface area contributed by atoms with Crippen molar-refractivity contribution >= 4 is 0 Å². The molecule has 0 saturated heterocycles. The van der Waals surface area contributed by atoms with Crippen molar-refractivity contribution in [2.45, 2.75) is 44.4 Å². The number of aromatic nitrogens is 3. The van der Waals surface area contributed by atoms with Crippen molar-refractivity contribution in [2.75, 3.05) is 0 Å². The summed E-state index contributed by atoms with van der Waals surface area (Å²) in [7, 11) is 0. The molecule has 20 heavy (non-hydrogen) atoms. The number of nitrogens with one attached hydrogen (secondary N) is 1. The van der Waals surface area contributed by atoms with E-state index in [1.807, 2.05) is 0 Å². The number of aromatic amines is 1. The first-order valence-electron chi connectivity index (χ1n) is 7.08. The van der Waals surface area contributed by atoms with E-state index in [2.05, 4.69) is 15.2 Å². The highest BCUT2D eigenvalue weighted by Gasteiger charge is 2.20. The van der Waals surface area contributed by atoms with Gasteiger partial charge < -0.3 is 0 Å². The first kappa shape index (κ1) is 13.2. The van der Waals surface area contributed by atoms with Gasteiger partial charge in [-0.3, -0.25) is 5.10 Å². The lowest BCUT2D eigenvalue weighted by Crippen LogP contribution is -2.06. The topological polar surface area (TPSA) is 41.6 Å². The van der Waals surface area contributed by atoms with Crippen LogP contribution in [0.3, 0.4) is 0 Å². The van der Waals surface area contributed by atoms with Crippen molar-refractivity contribution < 1.29 is 8.78 Å². The number of halogens is 2. The highest BCUT2D eigenvalue weighted by atomic mass is 19.2. The molecule has 0 aliphatic heterocycles. The normalized spacial score (nSPS) is 16.5. The molecule has 0 amide bonds. The second kappa shape index (κ2) is 5.69. The second-order valence-corrected chi connectivity index (χ2v) is 5.36. The SMILES string of the molecule is Fc1cccc(Cc2nc(C3CCCCC3)n[nH]2)c1F. The summed E-state index contributed by atoms with van der Waals surface area (Å²) in [6, 6.07) is 4.19. The Bertz CT molecular complexity index is 589. The fourth-order valence-electron chi connectivity index (χ4n) is 2.80. The standard InChI is InChI=1S/C15H17F2N3/c16-12-8-4-7-11(14(12)17)9-13-18-15(20-19-13)10-5-2-1-3-6-10/h4,7-8,10H,1-3,5-6,9H2,(H,18,19,20). The van der Waals surface area contributed by atoms with Crippen LogP contribution in [0.2, 0.25) is 0 Å². The lowest BCUT2D eigenvalue weighted by atomic mass is 9.89. The highest BCUT2D eigenvalue weighted by molar-refractivity contribution is 5.22. The van der Waals surface area contributed by atoms with Gasteiger partial charge in [0.2, 0.25) is 0 Å². The lowest BCUT2D eigenvalue weighted by Gasteiger charge is -2.18. The molecule has 0 bridgehead atoms. The van der Waals surface area contributed by atoms with Crippen LogP contribution in [0.15, 0.2) is 18.2 Å². The van der Waals surface area contributed by atoms with E-state index in [9.17, 15) is 8.78 Å². The molecular weight excluding hydrogens is 260 g/mol. The van der Waals surface area contributed by atoms with Gasteiger partial charge in [-0.25, -0.2) is 13.8 Å². The van der Waals surface area contributed by atoms with Crippen molar-refractivity contribution in [3.05, 3.63) is 47.0 Å². The lowest BCUT2D eigenvalue weighted by molar-refractivity contribution is 0.429. The quantitative estimate of drug-likeness (QED) is 0.929. The molecule has 1 N–H and O–H groups in total. The summed E-state index contributed by atoms with van der Waals surface area (Å²) in [6.07, 6.45) is 6.18. The van der Waals surface area contributed by atoms with Gasteiger partial charge in [-0.2, -0.15) is 5.10 Å². The third-order valence-electron chi connectivity index (χ3n) is 3.91. The molecule has 0 atom stereocenters. The molecule has 3 nitrogen and oxygen atoms in total. The van der Waals surface area contributed by atoms with E-state index < -0.39 is 11.6 Å². The molecule has 1 aromatic heterocycles. The van der Waals surface area contributed by atoms with Gasteiger partial charge in [-0.1, -0.05) is 31.4 Å². The minimum absolute atomic E-state index is 0.239. The van der Waals surface area contributed by atoms with Crippen LogP contribution in [-0.2, 0) is 6.42 Å². The molecular formula is C15H17F2N3. The zero-order valence-corrected chi connectivity index (χ0v) is 11.2. The van der Waals surface area contributed by atoms with Crippen molar-refractivity contribution in [3.63, 3.8) is 0 Å². The van der Waals surface area contributed by atoms with E-state index in [-0.39, 0.29) is 6.42 Å². The Balaban J connectivity index is 1.75. The van der Waals surface area contributed by atoms with E-state index in [1.165, 1.54) is 25.3 Å². The Morgan fingerprint density at radius 1 is 1.15 bits per heavy atom. The van der Waals surface area contributed by atoms with Crippen LogP contribution in [0.1, 0.15) is 55.2 Å². The minimum Gasteiger partial charge on any atom is -0.263 e. The van der Waals surface area contributed by atoms with E-state index in [1.54, 1.807) is 6.07 Å². The van der Waals surface area contributed by atoms with Crippen LogP contribution in [-0.4, -0.2) is 15.2 Å². The Labute approximate surface area is 116 Å². The number of rotatable bonds is 3. The van der Waals surface area contributed by atoms with Gasteiger partial charge in [0.1, 0.15) is 5.82 Å². The molecule has 2 aromatic rings. The predicted molar refractivity (Wildman–Crippen MR) is 71.4 cm³/mol. The summed E-state index contributed by atoms with van der Waals surface area (Å²) in [6.45, 7) is 0. The molecule has 0 radical (unpaired) electrons. The molecule has 1 heterocycles. The Morgan fingerprint density at radius 3 is 2.75 bits per heavy atom. The number of hydrogen-bond donors (Lipinski definition) is 1. The number of benzene rings is 1. The van der Waals surface area contributed by atoms with Crippen LogP contribution in [0.5, 0.6) is 0 Å². The van der Waals surface area contributed by atoms with Crippen LogP contribution in [0, 0.1) is 11.6 Å². The van der Waals surface area contributed by atoms with Crippen LogP contribution >= 0.6 is 0 Å². The molecule has 1 aliphatic rings. The summed E-state index contributed by atoms with van der Waals surface area (Å²) in [4.78, 5) is 4.44. The first-order valence-corrected chi connectivity index (χ1v) is 7.08. The highest BCUT2D eigenvalue weighted by Crippen LogP contribution is 2.30. The number of H-pyrrole nitrogens is 1. The molecule has 5 heteroatoms. The minimum atomic E-state index is -0.825. The van der Waals surface area contributed by atoms with Gasteiger partial charge in [0, 0.05) is 12.3 Å².